The average Bonchev–Trinajstić information content (AvgIpc) is 2.18. The van der Waals surface area contributed by atoms with Crippen LogP contribution in [0.4, 0.5) is 0 Å². The van der Waals surface area contributed by atoms with Crippen molar-refractivity contribution in [2.75, 3.05) is 32.8 Å². The summed E-state index contributed by atoms with van der Waals surface area (Å²) in [6.45, 7) is 11.2. The van der Waals surface area contributed by atoms with E-state index in [1.54, 1.807) is 0 Å². The first kappa shape index (κ1) is 12.9. The molecule has 0 aromatic heterocycles. The highest BCUT2D eigenvalue weighted by molar-refractivity contribution is 4.84. The number of likely N-dealkylation sites (N-methyl/N-ethyl adjacent to an activating group) is 1. The van der Waals surface area contributed by atoms with Crippen molar-refractivity contribution in [2.45, 2.75) is 33.2 Å². The van der Waals surface area contributed by atoms with Crippen LogP contribution >= 0.6 is 0 Å². The van der Waals surface area contributed by atoms with Gasteiger partial charge in [-0.25, -0.2) is 0 Å². The summed E-state index contributed by atoms with van der Waals surface area (Å²) in [5, 5.41) is 12.5. The third-order valence-corrected chi connectivity index (χ3v) is 3.41. The highest BCUT2D eigenvalue weighted by Crippen LogP contribution is 2.23. The first-order valence-electron chi connectivity index (χ1n) is 6.24. The van der Waals surface area contributed by atoms with Gasteiger partial charge in [-0.05, 0) is 24.8 Å². The number of aliphatic hydroxyl groups excluding tert-OH is 1. The van der Waals surface area contributed by atoms with E-state index in [-0.39, 0.29) is 6.61 Å². The Morgan fingerprint density at radius 2 is 2.13 bits per heavy atom. The van der Waals surface area contributed by atoms with Crippen LogP contribution in [0.5, 0.6) is 0 Å². The molecule has 3 heteroatoms. The number of likely N-dealkylation sites (tertiary alicyclic amines) is 1. The molecule has 0 aromatic rings. The van der Waals surface area contributed by atoms with E-state index in [4.69, 9.17) is 5.11 Å². The van der Waals surface area contributed by atoms with Gasteiger partial charge >= 0.3 is 0 Å². The van der Waals surface area contributed by atoms with Crippen molar-refractivity contribution in [3.05, 3.63) is 0 Å². The van der Waals surface area contributed by atoms with E-state index in [9.17, 15) is 0 Å². The molecule has 1 aliphatic heterocycles. The summed E-state index contributed by atoms with van der Waals surface area (Å²) in [5.41, 5.74) is 0. The lowest BCUT2D eigenvalue weighted by molar-refractivity contribution is 0.0973. The molecule has 0 saturated carbocycles. The van der Waals surface area contributed by atoms with Crippen molar-refractivity contribution < 1.29 is 5.11 Å². The summed E-state index contributed by atoms with van der Waals surface area (Å²) in [7, 11) is 0. The zero-order valence-corrected chi connectivity index (χ0v) is 10.4. The molecule has 2 N–H and O–H groups in total. The Kier molecular flexibility index (Phi) is 5.58. The summed E-state index contributed by atoms with van der Waals surface area (Å²) in [6, 6.07) is 0.614. The van der Waals surface area contributed by atoms with Gasteiger partial charge in [-0.1, -0.05) is 20.8 Å². The Hall–Kier alpha value is -0.120. The first-order chi connectivity index (χ1) is 7.17. The van der Waals surface area contributed by atoms with E-state index < -0.39 is 0 Å². The number of hydrogen-bond acceptors (Lipinski definition) is 3. The average molecular weight is 214 g/mol. The van der Waals surface area contributed by atoms with E-state index in [1.807, 2.05) is 0 Å². The van der Waals surface area contributed by atoms with E-state index >= 15 is 0 Å². The van der Waals surface area contributed by atoms with Crippen molar-refractivity contribution >= 4 is 0 Å². The largest absolute Gasteiger partial charge is 0.395 e. The molecule has 0 bridgehead atoms. The fourth-order valence-electron chi connectivity index (χ4n) is 2.48. The number of rotatable bonds is 5. The highest BCUT2D eigenvalue weighted by atomic mass is 16.3. The molecule has 1 heterocycles. The standard InChI is InChI=1S/C12H26N2O/c1-4-13-12-7-11(10(2)3)8-14(9-12)5-6-15/h10-13,15H,4-9H2,1-3H3. The van der Waals surface area contributed by atoms with E-state index in [0.29, 0.717) is 6.04 Å². The highest BCUT2D eigenvalue weighted by Gasteiger charge is 2.27. The second-order valence-corrected chi connectivity index (χ2v) is 4.98. The Morgan fingerprint density at radius 1 is 1.40 bits per heavy atom. The molecule has 1 aliphatic rings. The lowest BCUT2D eigenvalue weighted by Crippen LogP contribution is -2.50. The summed E-state index contributed by atoms with van der Waals surface area (Å²) < 4.78 is 0. The molecule has 0 aromatic carbocycles. The normalized spacial score (nSPS) is 28.6. The van der Waals surface area contributed by atoms with Gasteiger partial charge < -0.3 is 10.4 Å². The van der Waals surface area contributed by atoms with E-state index in [0.717, 1.165) is 38.0 Å². The molecule has 1 saturated heterocycles. The minimum atomic E-state index is 0.281. The van der Waals surface area contributed by atoms with Gasteiger partial charge in [0, 0.05) is 25.7 Å². The molecule has 1 fully saturated rings. The van der Waals surface area contributed by atoms with Crippen LogP contribution in [0.15, 0.2) is 0 Å². The predicted octanol–water partition coefficient (Wildman–Crippen LogP) is 0.935. The number of β-amino-alcohol motifs (C(OH)–C–C–N with tert-alkyl or cyclic N) is 1. The van der Waals surface area contributed by atoms with Gasteiger partial charge in [0.1, 0.15) is 0 Å². The van der Waals surface area contributed by atoms with E-state index in [1.165, 1.54) is 6.42 Å². The Morgan fingerprint density at radius 3 is 2.67 bits per heavy atom. The van der Waals surface area contributed by atoms with Crippen LogP contribution in [-0.4, -0.2) is 48.8 Å². The van der Waals surface area contributed by atoms with Crippen LogP contribution in [0.25, 0.3) is 0 Å². The van der Waals surface area contributed by atoms with Gasteiger partial charge in [-0.2, -0.15) is 0 Å². The number of nitrogens with zero attached hydrogens (tertiary/aromatic N) is 1. The van der Waals surface area contributed by atoms with Crippen LogP contribution in [0.3, 0.4) is 0 Å². The van der Waals surface area contributed by atoms with Crippen LogP contribution < -0.4 is 5.32 Å². The molecule has 90 valence electrons. The third-order valence-electron chi connectivity index (χ3n) is 3.41. The van der Waals surface area contributed by atoms with Gasteiger partial charge in [0.15, 0.2) is 0 Å². The third kappa shape index (κ3) is 4.09. The van der Waals surface area contributed by atoms with Crippen LogP contribution in [0, 0.1) is 11.8 Å². The number of aliphatic hydroxyl groups is 1. The lowest BCUT2D eigenvalue weighted by Gasteiger charge is -2.39. The smallest absolute Gasteiger partial charge is 0.0558 e. The minimum absolute atomic E-state index is 0.281. The summed E-state index contributed by atoms with van der Waals surface area (Å²) in [5.74, 6) is 1.52. The fourth-order valence-corrected chi connectivity index (χ4v) is 2.48. The lowest BCUT2D eigenvalue weighted by atomic mass is 9.85. The molecule has 0 amide bonds. The maximum Gasteiger partial charge on any atom is 0.0558 e. The minimum Gasteiger partial charge on any atom is -0.395 e. The Balaban J connectivity index is 2.48. The summed E-state index contributed by atoms with van der Waals surface area (Å²) in [6.07, 6.45) is 1.29. The zero-order valence-electron chi connectivity index (χ0n) is 10.4. The fraction of sp³-hybridized carbons (Fsp3) is 1.00. The van der Waals surface area contributed by atoms with Crippen molar-refractivity contribution in [3.63, 3.8) is 0 Å². The van der Waals surface area contributed by atoms with Crippen molar-refractivity contribution in [1.29, 1.82) is 0 Å². The molecule has 0 radical (unpaired) electrons. The van der Waals surface area contributed by atoms with E-state index in [2.05, 4.69) is 31.0 Å². The molecule has 1 rings (SSSR count). The molecule has 2 unspecified atom stereocenters. The molecule has 2 atom stereocenters. The maximum atomic E-state index is 9.00. The first-order valence-corrected chi connectivity index (χ1v) is 6.24. The SMILES string of the molecule is CCNC1CC(C(C)C)CN(CCO)C1. The van der Waals surface area contributed by atoms with Crippen LogP contribution in [-0.2, 0) is 0 Å². The van der Waals surface area contributed by atoms with Crippen LogP contribution in [0.2, 0.25) is 0 Å². The van der Waals surface area contributed by atoms with Gasteiger partial charge in [0.2, 0.25) is 0 Å². The van der Waals surface area contributed by atoms with Crippen LogP contribution in [0.1, 0.15) is 27.2 Å². The number of hydrogen-bond donors (Lipinski definition) is 2. The zero-order chi connectivity index (χ0) is 11.3. The second-order valence-electron chi connectivity index (χ2n) is 4.98. The van der Waals surface area contributed by atoms with Gasteiger partial charge in [-0.3, -0.25) is 4.90 Å². The number of nitrogens with one attached hydrogen (secondary N) is 1. The quantitative estimate of drug-likeness (QED) is 0.715. The van der Waals surface area contributed by atoms with Gasteiger partial charge in [0.25, 0.3) is 0 Å². The Bertz CT molecular complexity index is 159. The van der Waals surface area contributed by atoms with Gasteiger partial charge in [0.05, 0.1) is 6.61 Å². The van der Waals surface area contributed by atoms with Crippen molar-refractivity contribution in [1.82, 2.24) is 10.2 Å². The summed E-state index contributed by atoms with van der Waals surface area (Å²) >= 11 is 0. The van der Waals surface area contributed by atoms with Gasteiger partial charge in [-0.15, -0.1) is 0 Å². The number of piperidine rings is 1. The second kappa shape index (κ2) is 6.46. The molecule has 0 spiro atoms. The summed E-state index contributed by atoms with van der Waals surface area (Å²) in [4.78, 5) is 2.39. The molecular weight excluding hydrogens is 188 g/mol. The molecule has 0 aliphatic carbocycles. The molecule has 3 nitrogen and oxygen atoms in total. The molecule has 15 heavy (non-hydrogen) atoms. The van der Waals surface area contributed by atoms with Crippen molar-refractivity contribution in [3.8, 4) is 0 Å². The predicted molar refractivity (Wildman–Crippen MR) is 63.9 cm³/mol. The Labute approximate surface area is 93.9 Å². The topological polar surface area (TPSA) is 35.5 Å². The maximum absolute atomic E-state index is 9.00. The molecular formula is C12H26N2O. The van der Waals surface area contributed by atoms with Crippen molar-refractivity contribution in [2.24, 2.45) is 11.8 Å². The monoisotopic (exact) mass is 214 g/mol.